The third-order valence-corrected chi connectivity index (χ3v) is 23.8. The van der Waals surface area contributed by atoms with Crippen molar-refractivity contribution in [1.29, 1.82) is 0 Å². The maximum Gasteiger partial charge on any atom is 0.282 e. The predicted molar refractivity (Wildman–Crippen MR) is 389 cm³/mol. The van der Waals surface area contributed by atoms with Gasteiger partial charge in [0.25, 0.3) is 6.04 Å². The first-order chi connectivity index (χ1) is 47.6. The van der Waals surface area contributed by atoms with Gasteiger partial charge >= 0.3 is 0 Å². The number of aromatic nitrogens is 9. The number of rotatable bonds is 4. The lowest BCUT2D eigenvalue weighted by Gasteiger charge is -2.48. The molecule has 0 spiro atoms. The van der Waals surface area contributed by atoms with E-state index < -0.39 is 11.5 Å². The fraction of sp³-hybridized carbons (Fsp3) is 0.654. The molecule has 5 aromatic rings. The molecule has 13 rings (SSSR count). The van der Waals surface area contributed by atoms with Crippen molar-refractivity contribution < 1.29 is 44.3 Å². The second-order valence-corrected chi connectivity index (χ2v) is 34.6. The molecule has 20 nitrogen and oxygen atoms in total. The molecule has 1 N–H and O–H groups in total. The second-order valence-electron chi connectivity index (χ2n) is 34.6. The highest BCUT2D eigenvalue weighted by molar-refractivity contribution is 6.00. The van der Waals surface area contributed by atoms with Gasteiger partial charge < -0.3 is 38.2 Å². The third-order valence-electron chi connectivity index (χ3n) is 23.8. The Morgan fingerprint density at radius 1 is 0.535 bits per heavy atom. The lowest BCUT2D eigenvalue weighted by atomic mass is 9.55. The monoisotopic (exact) mass is 1380 g/mol. The molecule has 0 bridgehead atoms. The highest BCUT2D eigenvalue weighted by atomic mass is 16.5. The van der Waals surface area contributed by atoms with Gasteiger partial charge in [-0.1, -0.05) is 157 Å². The Hall–Kier alpha value is -8.00. The lowest BCUT2D eigenvalue weighted by molar-refractivity contribution is -0.129. The molecule has 5 aromatic heterocycles. The fourth-order valence-corrected chi connectivity index (χ4v) is 18.2. The number of carbonyl (C=O) groups is 3. The number of fused-ring (bicyclic) bond motifs is 13. The number of nitrogens with zero attached hydrogens (tertiary/aromatic N) is 11. The molecule has 101 heavy (non-hydrogen) atoms. The molecule has 2 fully saturated rings. The van der Waals surface area contributed by atoms with Crippen LogP contribution in [0.25, 0.3) is 9.69 Å². The Labute approximate surface area is 601 Å². The van der Waals surface area contributed by atoms with Crippen molar-refractivity contribution in [2.24, 2.45) is 41.4 Å². The molecule has 0 aromatic carbocycles. The average molecular weight is 1380 g/mol. The van der Waals surface area contributed by atoms with Crippen LogP contribution in [0.4, 0.5) is 0 Å². The van der Waals surface area contributed by atoms with E-state index in [1.54, 1.807) is 28.4 Å². The first-order valence-electron chi connectivity index (χ1n) is 36.8. The molecule has 5 heterocycles. The van der Waals surface area contributed by atoms with Crippen LogP contribution >= 0.6 is 0 Å². The SMILES string of the molecule is COc1nc(C(C)(C)C)nc2c1CC[C@H]1[C@H](C)C(=O)/C(=C\O)C[C@]21C.COc1nc(C(C)(C)C)nc2c1CC[C@H]1[C@H](C)c3oncc3C[C@]21C.[3H]C.[C-]#[N+]C1=C[C@]2(C)c3nc(C(C)(C)C)nc(OC)c3CC[C@H]2[C@H](C)C1=O.[C-]#[N+]C1C[C@]2(C)c3nc(C(C)(C)C)nc(OC)c3CC[C@H]2[C@H](C)C1=O. The largest absolute Gasteiger partial charge is 0.515 e. The number of aliphatic hydroxyl groups is 1. The average Bonchev–Trinajstić information content (AvgIpc) is 0.920. The molecule has 544 valence electrons. The number of ketones is 3. The van der Waals surface area contributed by atoms with Crippen LogP contribution < -0.4 is 18.9 Å². The van der Waals surface area contributed by atoms with Gasteiger partial charge in [0.05, 0.1) is 70.2 Å². The molecule has 8 aliphatic rings. The molecule has 20 heteroatoms. The quantitative estimate of drug-likeness (QED) is 0.0998. The number of hydrogen-bond donors (Lipinski definition) is 1. The number of ether oxygens (including phenoxy) is 4. The van der Waals surface area contributed by atoms with Crippen molar-refractivity contribution in [3.8, 4) is 23.5 Å². The minimum absolute atomic E-state index is 0.0399. The van der Waals surface area contributed by atoms with Crippen molar-refractivity contribution in [2.45, 2.75) is 272 Å². The standard InChI is InChI=1S/2C20H27N3O2.C20H25N3O2.C20H28N2O3.CH4/c1-11-14-8-7-13-16(20(14,5)9-12-10-21-25-15(11)12)22-18(19(2,3)4)23-17(13)24-6;2*1-11-13-9-8-12-16(20(13,5)10-14(21-6)15(11)24)22-18(19(2,3)4)23-17(12)25-7;1-11-14-8-7-13-16(20(14,5)9-12(10-23)15(11)24)21-18(19(2,3)4)22-17(13)25-6;/h10-11,14H,7-9H2,1-6H3;11,13-14H,8-10H2,1-5,7H3;10-11,13H,8-9H2,1-5,7H3;10-11,14,23H,7-9H2,1-6H3;1H4/b;;;12-10-;/t11-,14-,20-;11-,13-,14?,20-;11-,13-,20-;11-,14-,20-;/m0000./s1/i;;;;1T. The molecule has 0 aliphatic heterocycles. The fourth-order valence-electron chi connectivity index (χ4n) is 18.2. The molecular formula is C81H111N11O9. The highest BCUT2D eigenvalue weighted by Gasteiger charge is 2.58. The summed E-state index contributed by atoms with van der Waals surface area (Å²) in [6.45, 7) is 57.0. The number of methoxy groups -OCH3 is 4. The molecule has 8 aliphatic carbocycles. The molecule has 2 saturated carbocycles. The number of hydrogen-bond acceptors (Lipinski definition) is 18. The van der Waals surface area contributed by atoms with Gasteiger partial charge in [0.1, 0.15) is 29.1 Å². The van der Waals surface area contributed by atoms with Crippen LogP contribution in [0.5, 0.6) is 23.5 Å². The number of allylic oxidation sites excluding steroid dienone is 3. The lowest BCUT2D eigenvalue weighted by Crippen LogP contribution is -2.52. The van der Waals surface area contributed by atoms with Gasteiger partial charge in [0, 0.05) is 108 Å². The molecule has 0 radical (unpaired) electrons. The van der Waals surface area contributed by atoms with Gasteiger partial charge in [-0.3, -0.25) is 9.59 Å². The molecule has 0 saturated heterocycles. The smallest absolute Gasteiger partial charge is 0.282 e. The zero-order chi connectivity index (χ0) is 75.7. The van der Waals surface area contributed by atoms with Crippen LogP contribution in [-0.2, 0) is 89.8 Å². The van der Waals surface area contributed by atoms with Crippen LogP contribution in [0.3, 0.4) is 0 Å². The van der Waals surface area contributed by atoms with Gasteiger partial charge in [0.15, 0.2) is 11.6 Å². The summed E-state index contributed by atoms with van der Waals surface area (Å²) in [5.74, 6) is 7.95. The minimum Gasteiger partial charge on any atom is -0.515 e. The van der Waals surface area contributed by atoms with E-state index in [2.05, 4.69) is 148 Å². The van der Waals surface area contributed by atoms with E-state index >= 15 is 0 Å². The summed E-state index contributed by atoms with van der Waals surface area (Å²) in [4.78, 5) is 83.3. The highest BCUT2D eigenvalue weighted by Crippen LogP contribution is 2.58. The summed E-state index contributed by atoms with van der Waals surface area (Å²) < 4.78 is 33.8. The maximum absolute atomic E-state index is 12.5. The number of Topliss-reactive ketones (excluding diaryl/α,β-unsaturated/α-hetero) is 3. The summed E-state index contributed by atoms with van der Waals surface area (Å²) in [6, 6.07) is -0.568. The Balaban J connectivity index is 0.000000157. The molecule has 13 atom stereocenters. The van der Waals surface area contributed by atoms with Crippen molar-refractivity contribution in [2.75, 3.05) is 28.4 Å². The van der Waals surface area contributed by atoms with Crippen LogP contribution in [0.2, 0.25) is 0 Å². The molecule has 1 unspecified atom stereocenters. The normalized spacial score (nSPS) is 29.6. The zero-order valence-corrected chi connectivity index (χ0v) is 64.8. The van der Waals surface area contributed by atoms with Crippen molar-refractivity contribution in [3.63, 3.8) is 0 Å². The van der Waals surface area contributed by atoms with Crippen LogP contribution in [0.1, 0.15) is 271 Å². The summed E-state index contributed by atoms with van der Waals surface area (Å²) >= 11 is 0. The van der Waals surface area contributed by atoms with Gasteiger partial charge in [-0.05, 0) is 87.9 Å². The summed E-state index contributed by atoms with van der Waals surface area (Å²) in [5.41, 5.74) is 8.51. The number of carbonyl (C=O) groups excluding carboxylic acids is 3. The van der Waals surface area contributed by atoms with Crippen molar-refractivity contribution in [1.82, 2.24) is 45.0 Å². The summed E-state index contributed by atoms with van der Waals surface area (Å²) in [5, 5.41) is 13.6. The predicted octanol–water partition coefficient (Wildman–Crippen LogP) is 15.4. The topological polar surface area (TPSA) is 246 Å². The first-order valence-corrected chi connectivity index (χ1v) is 35.8. The van der Waals surface area contributed by atoms with Crippen LogP contribution in [-0.4, -0.2) is 102 Å². The summed E-state index contributed by atoms with van der Waals surface area (Å²) in [7, 11) is 7.90. The van der Waals surface area contributed by atoms with E-state index in [4.69, 9.17) is 62.9 Å². The van der Waals surface area contributed by atoms with E-state index in [1.807, 2.05) is 33.0 Å². The van der Waals surface area contributed by atoms with Crippen molar-refractivity contribution in [3.05, 3.63) is 132 Å². The van der Waals surface area contributed by atoms with Crippen LogP contribution in [0.15, 0.2) is 34.3 Å². The van der Waals surface area contributed by atoms with Crippen molar-refractivity contribution >= 4 is 17.3 Å². The molecular weight excluding hydrogens is 1270 g/mol. The van der Waals surface area contributed by atoms with E-state index in [-0.39, 0.29) is 96.5 Å². The Morgan fingerprint density at radius 2 is 0.901 bits per heavy atom. The number of aliphatic hydroxyl groups excluding tert-OH is 1. The van der Waals surface area contributed by atoms with Crippen LogP contribution in [0, 0.1) is 54.6 Å². The zero-order valence-electron chi connectivity index (χ0n) is 65.8. The first kappa shape index (κ1) is 75.7. The van der Waals surface area contributed by atoms with Gasteiger partial charge in [-0.15, -0.1) is 0 Å². The maximum atomic E-state index is 12.5. The van der Waals surface area contributed by atoms with E-state index in [9.17, 15) is 19.5 Å². The second kappa shape index (κ2) is 27.6. The van der Waals surface area contributed by atoms with Gasteiger partial charge in [-0.2, -0.15) is 19.9 Å². The Morgan fingerprint density at radius 3 is 1.30 bits per heavy atom. The van der Waals surface area contributed by atoms with Gasteiger partial charge in [-0.25, -0.2) is 31.4 Å². The van der Waals surface area contributed by atoms with E-state index in [0.29, 0.717) is 47.9 Å². The Bertz CT molecular complexity index is 4210. The van der Waals surface area contributed by atoms with E-state index in [0.717, 1.165) is 133 Å². The Kier molecular flexibility index (Phi) is 20.7. The molecule has 0 amide bonds. The summed E-state index contributed by atoms with van der Waals surface area (Å²) in [6.07, 6.45) is 13.8. The van der Waals surface area contributed by atoms with Gasteiger partial charge in [0.2, 0.25) is 35.0 Å². The third kappa shape index (κ3) is 13.4. The minimum atomic E-state index is -0.568. The van der Waals surface area contributed by atoms with E-state index in [1.165, 1.54) is 24.2 Å².